The van der Waals surface area contributed by atoms with E-state index in [1.54, 1.807) is 6.92 Å². The number of ether oxygens (including phenoxy) is 3. The summed E-state index contributed by atoms with van der Waals surface area (Å²) in [5.41, 5.74) is -0.961. The molecule has 142 valence electrons. The van der Waals surface area contributed by atoms with Gasteiger partial charge in [-0.15, -0.1) is 0 Å². The predicted octanol–water partition coefficient (Wildman–Crippen LogP) is 3.70. The smallest absolute Gasteiger partial charge is 0.449 e. The summed E-state index contributed by atoms with van der Waals surface area (Å²) in [4.78, 5) is 11.4. The third-order valence-corrected chi connectivity index (χ3v) is 6.21. The fraction of sp³-hybridized carbons (Fsp3) is 0.882. The highest BCUT2D eigenvalue weighted by molar-refractivity contribution is 5.28. The Morgan fingerprint density at radius 2 is 1.96 bits per heavy atom. The van der Waals surface area contributed by atoms with Gasteiger partial charge < -0.3 is 14.2 Å². The fourth-order valence-electron chi connectivity index (χ4n) is 5.06. The van der Waals surface area contributed by atoms with Crippen molar-refractivity contribution in [2.45, 2.75) is 63.4 Å². The second-order valence-corrected chi connectivity index (χ2v) is 7.76. The van der Waals surface area contributed by atoms with Crippen LogP contribution in [0.1, 0.15) is 39.5 Å². The molecule has 4 fully saturated rings. The highest BCUT2D eigenvalue weighted by Crippen LogP contribution is 2.61. The van der Waals surface area contributed by atoms with E-state index in [-0.39, 0.29) is 24.0 Å². The van der Waals surface area contributed by atoms with E-state index in [1.165, 1.54) is 7.11 Å². The van der Waals surface area contributed by atoms with Gasteiger partial charge in [-0.05, 0) is 32.1 Å². The molecule has 3 saturated heterocycles. The van der Waals surface area contributed by atoms with E-state index in [1.807, 2.05) is 0 Å². The van der Waals surface area contributed by atoms with E-state index in [0.29, 0.717) is 12.8 Å². The third-order valence-electron chi connectivity index (χ3n) is 6.21. The lowest BCUT2D eigenvalue weighted by molar-refractivity contribution is -0.557. The average molecular weight is 364 g/mol. The van der Waals surface area contributed by atoms with E-state index in [9.17, 15) is 13.2 Å². The van der Waals surface area contributed by atoms with E-state index in [2.05, 4.69) is 6.92 Å². The summed E-state index contributed by atoms with van der Waals surface area (Å²) >= 11 is 0. The maximum absolute atomic E-state index is 13.6. The van der Waals surface area contributed by atoms with E-state index < -0.39 is 35.5 Å². The van der Waals surface area contributed by atoms with Gasteiger partial charge in [-0.2, -0.15) is 13.2 Å². The number of halogens is 3. The van der Waals surface area contributed by atoms with Crippen LogP contribution in [0.15, 0.2) is 11.3 Å². The molecule has 5 rings (SSSR count). The Morgan fingerprint density at radius 1 is 1.20 bits per heavy atom. The second kappa shape index (κ2) is 5.58. The molecule has 1 aliphatic carbocycles. The topological polar surface area (TPSA) is 46.2 Å². The van der Waals surface area contributed by atoms with Crippen molar-refractivity contribution in [1.82, 2.24) is 0 Å². The monoisotopic (exact) mass is 364 g/mol. The summed E-state index contributed by atoms with van der Waals surface area (Å²) in [5.74, 6) is -2.31. The van der Waals surface area contributed by atoms with Gasteiger partial charge in [0, 0.05) is 30.9 Å². The van der Waals surface area contributed by atoms with Crippen LogP contribution in [-0.2, 0) is 24.0 Å². The van der Waals surface area contributed by atoms with Crippen molar-refractivity contribution in [1.29, 1.82) is 0 Å². The zero-order valence-corrected chi connectivity index (χ0v) is 14.5. The van der Waals surface area contributed by atoms with Crippen LogP contribution in [0.3, 0.4) is 0 Å². The Bertz CT molecular complexity index is 591. The van der Waals surface area contributed by atoms with Gasteiger partial charge in [0.25, 0.3) is 0 Å². The molecular formula is C17H23F3O5. The maximum Gasteiger partial charge on any atom is 0.449 e. The minimum absolute atomic E-state index is 0.00205. The first-order valence-corrected chi connectivity index (χ1v) is 8.72. The molecule has 1 spiro atoms. The molecule has 0 radical (unpaired) electrons. The van der Waals surface area contributed by atoms with Crippen molar-refractivity contribution in [3.63, 3.8) is 0 Å². The van der Waals surface area contributed by atoms with Crippen LogP contribution in [-0.4, -0.2) is 37.6 Å². The minimum Gasteiger partial charge on any atom is -0.456 e. The Labute approximate surface area is 144 Å². The molecular weight excluding hydrogens is 341 g/mol. The summed E-state index contributed by atoms with van der Waals surface area (Å²) in [6.07, 6.45) is -3.05. The van der Waals surface area contributed by atoms with E-state index in [0.717, 1.165) is 12.8 Å². The lowest BCUT2D eigenvalue weighted by Crippen LogP contribution is -2.67. The van der Waals surface area contributed by atoms with Crippen LogP contribution in [0.5, 0.6) is 0 Å². The third kappa shape index (κ3) is 2.44. The standard InChI is InChI=1S/C17H23F3O5/c1-9-4-5-12-10(8-21-3)13(17(18,19)20)22-14-16(12)11(9)6-7-15(2,23-14)24-25-16/h9,11-12,14H,4-8H2,1-3H3/t9-,11?,12+,14-,15+,16-/m1/s1. The molecule has 25 heavy (non-hydrogen) atoms. The highest BCUT2D eigenvalue weighted by atomic mass is 19.4. The normalized spacial score (nSPS) is 46.5. The predicted molar refractivity (Wildman–Crippen MR) is 78.8 cm³/mol. The molecule has 4 aliphatic heterocycles. The van der Waals surface area contributed by atoms with Crippen molar-refractivity contribution in [3.8, 4) is 0 Å². The molecule has 5 nitrogen and oxygen atoms in total. The van der Waals surface area contributed by atoms with Crippen LogP contribution >= 0.6 is 0 Å². The summed E-state index contributed by atoms with van der Waals surface area (Å²) in [6.45, 7) is 3.63. The summed E-state index contributed by atoms with van der Waals surface area (Å²) in [7, 11) is 1.38. The van der Waals surface area contributed by atoms with Gasteiger partial charge in [0.15, 0.2) is 5.60 Å². The number of hydrogen-bond acceptors (Lipinski definition) is 5. The molecule has 2 bridgehead atoms. The van der Waals surface area contributed by atoms with Gasteiger partial charge in [-0.1, -0.05) is 6.92 Å². The lowest BCUT2D eigenvalue weighted by atomic mass is 9.59. The molecule has 0 amide bonds. The maximum atomic E-state index is 13.6. The first-order chi connectivity index (χ1) is 11.7. The van der Waals surface area contributed by atoms with Crippen LogP contribution in [0.2, 0.25) is 0 Å². The summed E-state index contributed by atoms with van der Waals surface area (Å²) in [5, 5.41) is 0. The average Bonchev–Trinajstić information content (AvgIpc) is 2.76. The zero-order chi connectivity index (χ0) is 18.0. The van der Waals surface area contributed by atoms with Crippen LogP contribution in [0.4, 0.5) is 13.2 Å². The number of allylic oxidation sites excluding steroid dienone is 1. The number of fused-ring (bicyclic) bond motifs is 2. The molecule has 4 heterocycles. The van der Waals surface area contributed by atoms with Gasteiger partial charge in [-0.3, -0.25) is 0 Å². The lowest BCUT2D eigenvalue weighted by Gasteiger charge is -2.57. The summed E-state index contributed by atoms with van der Waals surface area (Å²) in [6, 6.07) is 0. The largest absolute Gasteiger partial charge is 0.456 e. The van der Waals surface area contributed by atoms with Crippen molar-refractivity contribution < 1.29 is 37.2 Å². The van der Waals surface area contributed by atoms with Gasteiger partial charge in [0.2, 0.25) is 17.8 Å². The molecule has 0 aromatic carbocycles. The molecule has 1 unspecified atom stereocenters. The first kappa shape index (κ1) is 17.6. The Morgan fingerprint density at radius 3 is 2.64 bits per heavy atom. The van der Waals surface area contributed by atoms with Gasteiger partial charge >= 0.3 is 6.18 Å². The number of hydrogen-bond donors (Lipinski definition) is 0. The quantitative estimate of drug-likeness (QED) is 0.700. The number of alkyl halides is 3. The molecule has 0 N–H and O–H groups in total. The molecule has 8 heteroatoms. The molecule has 0 aromatic rings. The van der Waals surface area contributed by atoms with Crippen molar-refractivity contribution in [2.24, 2.45) is 17.8 Å². The highest BCUT2D eigenvalue weighted by Gasteiger charge is 2.70. The van der Waals surface area contributed by atoms with Gasteiger partial charge in [0.1, 0.15) is 0 Å². The molecule has 0 aromatic heterocycles. The number of methoxy groups -OCH3 is 1. The SMILES string of the molecule is COCC1=C(C(F)(F)F)O[C@@H]2O[C@]3(C)CCC4[C@H](C)CC[C@@H]1[C@]42OO3. The fourth-order valence-corrected chi connectivity index (χ4v) is 5.06. The van der Waals surface area contributed by atoms with Crippen LogP contribution < -0.4 is 0 Å². The van der Waals surface area contributed by atoms with Gasteiger partial charge in [0.05, 0.1) is 6.61 Å². The summed E-state index contributed by atoms with van der Waals surface area (Å²) < 4.78 is 57.3. The number of rotatable bonds is 2. The molecule has 6 atom stereocenters. The molecule has 5 aliphatic rings. The zero-order valence-electron chi connectivity index (χ0n) is 14.5. The van der Waals surface area contributed by atoms with Crippen molar-refractivity contribution in [3.05, 3.63) is 11.3 Å². The van der Waals surface area contributed by atoms with Crippen LogP contribution in [0.25, 0.3) is 0 Å². The van der Waals surface area contributed by atoms with Crippen molar-refractivity contribution in [2.75, 3.05) is 13.7 Å². The molecule has 1 saturated carbocycles. The second-order valence-electron chi connectivity index (χ2n) is 7.76. The Balaban J connectivity index is 1.87. The Kier molecular flexibility index (Phi) is 3.92. The van der Waals surface area contributed by atoms with Gasteiger partial charge in [-0.25, -0.2) is 9.78 Å². The van der Waals surface area contributed by atoms with E-state index >= 15 is 0 Å². The first-order valence-electron chi connectivity index (χ1n) is 8.72. The Hall–Kier alpha value is -0.830. The van der Waals surface area contributed by atoms with Crippen molar-refractivity contribution >= 4 is 0 Å². The van der Waals surface area contributed by atoms with Crippen LogP contribution in [0, 0.1) is 17.8 Å². The van der Waals surface area contributed by atoms with E-state index in [4.69, 9.17) is 24.0 Å². The minimum atomic E-state index is -4.61.